The van der Waals surface area contributed by atoms with Crippen molar-refractivity contribution in [3.63, 3.8) is 0 Å². The molecule has 0 N–H and O–H groups in total. The Morgan fingerprint density at radius 3 is 1.96 bits per heavy atom. The van der Waals surface area contributed by atoms with Crippen molar-refractivity contribution in [1.82, 2.24) is 27.8 Å². The van der Waals surface area contributed by atoms with Gasteiger partial charge in [-0.2, -0.15) is 0 Å². The van der Waals surface area contributed by atoms with Crippen LogP contribution in [0.3, 0.4) is 0 Å². The van der Waals surface area contributed by atoms with Crippen molar-refractivity contribution in [3.05, 3.63) is 131 Å². The van der Waals surface area contributed by atoms with Crippen molar-refractivity contribution in [2.75, 3.05) is 0 Å². The first-order valence-electron chi connectivity index (χ1n) is 17.7. The summed E-state index contributed by atoms with van der Waals surface area (Å²) >= 11 is 2.32. The van der Waals surface area contributed by atoms with Gasteiger partial charge < -0.3 is 9.13 Å². The molecule has 0 radical (unpaired) electrons. The van der Waals surface area contributed by atoms with Crippen LogP contribution in [0.4, 0.5) is 0 Å². The summed E-state index contributed by atoms with van der Waals surface area (Å²) in [6, 6.07) is 39.3. The number of hydrogen-bond donors (Lipinski definition) is 0. The molecule has 0 aliphatic rings. The molecule has 264 valence electrons. The van der Waals surface area contributed by atoms with E-state index in [9.17, 15) is 0 Å². The second kappa shape index (κ2) is 11.4. The molecule has 0 spiro atoms. The number of nitrogens with zero attached hydrogens (tertiary/aromatic N) is 6. The zero-order chi connectivity index (χ0) is 36.3. The van der Waals surface area contributed by atoms with Crippen LogP contribution in [0.1, 0.15) is 26.3 Å². The second-order valence-electron chi connectivity index (χ2n) is 14.9. The maximum absolute atomic E-state index is 6.60. The standard InChI is InChI=1S/C45H36N6O.Pt/c1-45(2,3)28-20-21-46-38(24-28)51-37-26-31(52-30-13-11-12-29(25-30)50-23-22-47(4)27-50)18-19-34(37)41-43-39(32-14-7-9-16-35(32)48(43)5)42-40(44(41)51)33-15-8-10-17-36(33)49(42)6;/h7-24H,1-6H3;/q-2;. The summed E-state index contributed by atoms with van der Waals surface area (Å²) < 4.78 is 18.9. The molecule has 10 aromatic rings. The van der Waals surface area contributed by atoms with E-state index in [1.54, 1.807) is 0 Å². The minimum atomic E-state index is -0.0677. The Bertz CT molecular complexity index is 3200. The summed E-state index contributed by atoms with van der Waals surface area (Å²) in [4.78, 5) is 5.08. The zero-order valence-electron chi connectivity index (χ0n) is 30.3. The maximum atomic E-state index is 6.60. The van der Waals surface area contributed by atoms with E-state index in [1.165, 1.54) is 54.6 Å². The number of fused-ring (bicyclic) bond motifs is 12. The Kier molecular flexibility index (Phi) is 6.90. The monoisotopic (exact) mass is 871 g/mol. The summed E-state index contributed by atoms with van der Waals surface area (Å²) in [5.41, 5.74) is 8.85. The molecule has 8 heteroatoms. The molecule has 0 aliphatic heterocycles. The Balaban J connectivity index is 1.34. The average molecular weight is 872 g/mol. The van der Waals surface area contributed by atoms with Crippen LogP contribution in [0.5, 0.6) is 11.5 Å². The number of imidazole rings is 1. The number of benzene rings is 5. The van der Waals surface area contributed by atoms with Gasteiger partial charge in [0.05, 0.1) is 5.52 Å². The first kappa shape index (κ1) is 32.0. The van der Waals surface area contributed by atoms with Gasteiger partial charge in [0.15, 0.2) is 0 Å². The molecule has 0 bridgehead atoms. The number of pyridine rings is 1. The molecular formula is C45H36N6OPt-2. The van der Waals surface area contributed by atoms with E-state index in [4.69, 9.17) is 9.72 Å². The summed E-state index contributed by atoms with van der Waals surface area (Å²) in [5.74, 6) is 2.08. The molecule has 0 saturated carbocycles. The third-order valence-corrected chi connectivity index (χ3v) is 12.1. The molecule has 0 amide bonds. The first-order valence-corrected chi connectivity index (χ1v) is 18.9. The van der Waals surface area contributed by atoms with E-state index in [0.29, 0.717) is 11.5 Å². The van der Waals surface area contributed by atoms with Crippen LogP contribution >= 0.6 is 0 Å². The van der Waals surface area contributed by atoms with Gasteiger partial charge in [-0.25, -0.2) is 0 Å². The predicted molar refractivity (Wildman–Crippen MR) is 211 cm³/mol. The molecule has 0 unspecified atom stereocenters. The van der Waals surface area contributed by atoms with Crippen LogP contribution in [0.15, 0.2) is 110 Å². The summed E-state index contributed by atoms with van der Waals surface area (Å²) in [5, 5.41) is 7.16. The fourth-order valence-electron chi connectivity index (χ4n) is 8.19. The van der Waals surface area contributed by atoms with Crippen molar-refractivity contribution in [2.24, 2.45) is 21.1 Å². The third kappa shape index (κ3) is 4.63. The predicted octanol–water partition coefficient (Wildman–Crippen LogP) is 10.4. The van der Waals surface area contributed by atoms with Gasteiger partial charge >= 0.3 is 170 Å². The number of aromatic nitrogens is 6. The molecule has 5 heterocycles. The van der Waals surface area contributed by atoms with Crippen molar-refractivity contribution in [3.8, 4) is 23.0 Å². The SMILES string of the molecule is Cn1ccn(-c2[c-]c(Oc3[c-]c4c(cc3)c3c5c(c6ccccc6n5C)c5c(c6ccccc6n5C)c3n4-c3cc(C(C)(C)C)ccn3)ccc2)[c]1=[Pt]. The number of aryl methyl sites for hydroxylation is 3. The molecule has 0 aliphatic carbocycles. The molecule has 0 saturated heterocycles. The molecular weight excluding hydrogens is 836 g/mol. The number of rotatable bonds is 4. The fourth-order valence-corrected chi connectivity index (χ4v) is 8.81. The van der Waals surface area contributed by atoms with E-state index >= 15 is 0 Å². The quantitative estimate of drug-likeness (QED) is 0.165. The normalized spacial score (nSPS) is 12.5. The topological polar surface area (TPSA) is 46.8 Å². The van der Waals surface area contributed by atoms with Crippen LogP contribution in [0.2, 0.25) is 0 Å². The third-order valence-electron chi connectivity index (χ3n) is 10.7. The summed E-state index contributed by atoms with van der Waals surface area (Å²) in [6.45, 7) is 6.74. The van der Waals surface area contributed by atoms with Crippen LogP contribution in [0, 0.1) is 15.9 Å². The molecule has 0 atom stereocenters. The molecule has 10 rings (SSSR count). The van der Waals surface area contributed by atoms with Gasteiger partial charge in [0.1, 0.15) is 0 Å². The van der Waals surface area contributed by atoms with Crippen LogP contribution < -0.4 is 4.74 Å². The van der Waals surface area contributed by atoms with E-state index in [0.717, 1.165) is 31.7 Å². The van der Waals surface area contributed by atoms with Gasteiger partial charge in [-0.05, 0) is 29.2 Å². The van der Waals surface area contributed by atoms with Gasteiger partial charge in [0, 0.05) is 47.5 Å². The van der Waals surface area contributed by atoms with Gasteiger partial charge in [-0.1, -0.05) is 57.2 Å². The van der Waals surface area contributed by atoms with Crippen molar-refractivity contribution in [1.29, 1.82) is 0 Å². The Labute approximate surface area is 317 Å². The molecule has 0 fully saturated rings. The minimum absolute atomic E-state index is 0.0677. The number of ether oxygens (including phenoxy) is 1. The average Bonchev–Trinajstić information content (AvgIpc) is 3.86. The van der Waals surface area contributed by atoms with Crippen molar-refractivity contribution >= 4 is 65.4 Å². The molecule has 53 heavy (non-hydrogen) atoms. The van der Waals surface area contributed by atoms with Crippen molar-refractivity contribution in [2.45, 2.75) is 26.2 Å². The van der Waals surface area contributed by atoms with Crippen LogP contribution in [-0.4, -0.2) is 27.8 Å². The van der Waals surface area contributed by atoms with Gasteiger partial charge in [0.2, 0.25) is 0 Å². The summed E-state index contributed by atoms with van der Waals surface area (Å²) in [6.07, 6.45) is 6.01. The fraction of sp³-hybridized carbons (Fsp3) is 0.156. The molecule has 5 aromatic heterocycles. The zero-order valence-corrected chi connectivity index (χ0v) is 32.6. The van der Waals surface area contributed by atoms with E-state index < -0.39 is 0 Å². The van der Waals surface area contributed by atoms with Gasteiger partial charge in [-0.15, -0.1) is 0 Å². The Hall–Kier alpha value is -5.65. The van der Waals surface area contributed by atoms with Crippen LogP contribution in [0.25, 0.3) is 76.9 Å². The van der Waals surface area contributed by atoms with E-state index in [-0.39, 0.29) is 5.41 Å². The molecule has 5 aromatic carbocycles. The number of hydrogen-bond acceptors (Lipinski definition) is 2. The Morgan fingerprint density at radius 2 is 1.30 bits per heavy atom. The van der Waals surface area contributed by atoms with E-state index in [2.05, 4.69) is 156 Å². The second-order valence-corrected chi connectivity index (χ2v) is 15.9. The number of para-hydroxylation sites is 2. The van der Waals surface area contributed by atoms with Gasteiger partial charge in [0.25, 0.3) is 0 Å². The van der Waals surface area contributed by atoms with Gasteiger partial charge in [-0.3, -0.25) is 0 Å². The Morgan fingerprint density at radius 1 is 0.660 bits per heavy atom. The van der Waals surface area contributed by atoms with Crippen LogP contribution in [-0.2, 0) is 45.9 Å². The van der Waals surface area contributed by atoms with E-state index in [1.807, 2.05) is 49.9 Å². The van der Waals surface area contributed by atoms with Crippen molar-refractivity contribution < 1.29 is 24.1 Å². The first-order chi connectivity index (χ1) is 25.6. The summed E-state index contributed by atoms with van der Waals surface area (Å²) in [7, 11) is 6.42. The molecule has 7 nitrogen and oxygen atoms in total.